The lowest BCUT2D eigenvalue weighted by atomic mass is 9.33. The molecule has 0 saturated heterocycles. The van der Waals surface area contributed by atoms with Crippen LogP contribution in [0.3, 0.4) is 0 Å². The molecule has 0 bridgehead atoms. The molecule has 4 fully saturated rings. The van der Waals surface area contributed by atoms with Gasteiger partial charge >= 0.3 is 5.97 Å². The van der Waals surface area contributed by atoms with Gasteiger partial charge in [-0.15, -0.1) is 0 Å². The molecule has 6 heteroatoms. The van der Waals surface area contributed by atoms with Crippen LogP contribution in [-0.4, -0.2) is 45.7 Å². The molecule has 5 aliphatic carbocycles. The zero-order valence-corrected chi connectivity index (χ0v) is 28.4. The lowest BCUT2D eigenvalue weighted by molar-refractivity contribution is -0.223. The van der Waals surface area contributed by atoms with Crippen molar-refractivity contribution >= 4 is 12.0 Å². The van der Waals surface area contributed by atoms with Gasteiger partial charge in [-0.3, -0.25) is 0 Å². The van der Waals surface area contributed by atoms with E-state index in [4.69, 9.17) is 4.74 Å². The third-order valence-corrected chi connectivity index (χ3v) is 14.9. The molecule has 0 heterocycles. The van der Waals surface area contributed by atoms with Gasteiger partial charge in [0.05, 0.1) is 6.61 Å². The molecule has 4 saturated carbocycles. The van der Waals surface area contributed by atoms with Crippen LogP contribution in [-0.2, 0) is 9.53 Å². The van der Waals surface area contributed by atoms with Crippen molar-refractivity contribution in [3.8, 4) is 11.5 Å². The molecule has 1 aromatic carbocycles. The minimum atomic E-state index is -0.550. The number of ether oxygens (including phenoxy) is 1. The van der Waals surface area contributed by atoms with Crippen molar-refractivity contribution in [2.24, 2.45) is 50.2 Å². The minimum absolute atomic E-state index is 0.00911. The van der Waals surface area contributed by atoms with Crippen LogP contribution in [0.5, 0.6) is 11.5 Å². The van der Waals surface area contributed by atoms with Crippen molar-refractivity contribution in [3.05, 3.63) is 41.5 Å². The second-order valence-corrected chi connectivity index (χ2v) is 17.4. The van der Waals surface area contributed by atoms with Gasteiger partial charge in [0.15, 0.2) is 11.5 Å². The van der Waals surface area contributed by atoms with E-state index in [0.29, 0.717) is 35.8 Å². The first kappa shape index (κ1) is 32.6. The molecule has 2 unspecified atom stereocenters. The largest absolute Gasteiger partial charge is 0.504 e. The zero-order chi connectivity index (χ0) is 32.6. The Kier molecular flexibility index (Phi) is 7.88. The molecule has 0 amide bonds. The van der Waals surface area contributed by atoms with Crippen molar-refractivity contribution in [1.82, 2.24) is 0 Å². The van der Waals surface area contributed by atoms with Gasteiger partial charge < -0.3 is 25.2 Å². The molecule has 6 rings (SSSR count). The van der Waals surface area contributed by atoms with Crippen LogP contribution >= 0.6 is 0 Å². The summed E-state index contributed by atoms with van der Waals surface area (Å²) in [5.74, 6) is 0.242. The molecular formula is C39H56O6. The van der Waals surface area contributed by atoms with Crippen LogP contribution in [0.2, 0.25) is 0 Å². The summed E-state index contributed by atoms with van der Waals surface area (Å²) in [6.45, 7) is 14.8. The van der Waals surface area contributed by atoms with E-state index in [2.05, 4.69) is 47.6 Å². The van der Waals surface area contributed by atoms with E-state index in [0.717, 1.165) is 51.4 Å². The lowest BCUT2D eigenvalue weighted by Crippen LogP contribution is -2.66. The van der Waals surface area contributed by atoms with Crippen LogP contribution in [0.25, 0.3) is 6.08 Å². The number of fused-ring (bicyclic) bond motifs is 7. The number of esters is 1. The summed E-state index contributed by atoms with van der Waals surface area (Å²) < 4.78 is 6.10. The number of rotatable bonds is 5. The molecule has 248 valence electrons. The van der Waals surface area contributed by atoms with Crippen molar-refractivity contribution in [1.29, 1.82) is 0 Å². The first-order chi connectivity index (χ1) is 21.1. The average molecular weight is 621 g/mol. The zero-order valence-electron chi connectivity index (χ0n) is 28.4. The highest BCUT2D eigenvalue weighted by Gasteiger charge is 2.69. The number of aliphatic hydroxyl groups excluding tert-OH is 2. The summed E-state index contributed by atoms with van der Waals surface area (Å²) in [4.78, 5) is 13.0. The normalized spacial score (nSPS) is 43.8. The fraction of sp³-hybridized carbons (Fsp3) is 0.718. The molecule has 9 atom stereocenters. The van der Waals surface area contributed by atoms with Crippen LogP contribution < -0.4 is 0 Å². The maximum atomic E-state index is 13.0. The Hall–Kier alpha value is -2.31. The van der Waals surface area contributed by atoms with E-state index < -0.39 is 11.4 Å². The summed E-state index contributed by atoms with van der Waals surface area (Å²) in [6, 6.07) is 4.41. The smallest absolute Gasteiger partial charge is 0.331 e. The first-order valence-electron chi connectivity index (χ1n) is 17.4. The van der Waals surface area contributed by atoms with Crippen LogP contribution in [0.4, 0.5) is 0 Å². The predicted molar refractivity (Wildman–Crippen MR) is 176 cm³/mol. The lowest BCUT2D eigenvalue weighted by Gasteiger charge is -2.71. The summed E-state index contributed by atoms with van der Waals surface area (Å²) in [6.07, 6.45) is 15.7. The Labute approximate surface area is 270 Å². The fourth-order valence-electron chi connectivity index (χ4n) is 11.8. The SMILES string of the molecule is CC1(C)CC[C@]2(CO)CC[C@]3(C)C(=CC[C@@H]4[C@@]5(C)CC[C@H](OC(=O)C=Cc6ccc(O)c(O)c6)C(C)(CO)C5CC[C@]43C)[C@H]2C1. The van der Waals surface area contributed by atoms with Gasteiger partial charge in [-0.25, -0.2) is 4.79 Å². The van der Waals surface area contributed by atoms with Gasteiger partial charge in [-0.05, 0) is 127 Å². The van der Waals surface area contributed by atoms with E-state index in [1.54, 1.807) is 17.7 Å². The van der Waals surface area contributed by atoms with Crippen LogP contribution in [0.1, 0.15) is 111 Å². The summed E-state index contributed by atoms with van der Waals surface area (Å²) >= 11 is 0. The average Bonchev–Trinajstić information content (AvgIpc) is 2.99. The second-order valence-electron chi connectivity index (χ2n) is 17.4. The van der Waals surface area contributed by atoms with Gasteiger partial charge in [0.1, 0.15) is 6.10 Å². The molecule has 0 aliphatic heterocycles. The topological polar surface area (TPSA) is 107 Å². The van der Waals surface area contributed by atoms with Gasteiger partial charge in [0.25, 0.3) is 0 Å². The summed E-state index contributed by atoms with van der Waals surface area (Å²) in [5.41, 5.74) is 2.22. The monoisotopic (exact) mass is 620 g/mol. The number of aliphatic hydroxyl groups is 2. The number of benzene rings is 1. The van der Waals surface area contributed by atoms with Gasteiger partial charge in [0.2, 0.25) is 0 Å². The Morgan fingerprint density at radius 1 is 0.889 bits per heavy atom. The third kappa shape index (κ3) is 4.82. The maximum absolute atomic E-state index is 13.0. The van der Waals surface area contributed by atoms with Crippen molar-refractivity contribution in [2.45, 2.75) is 112 Å². The van der Waals surface area contributed by atoms with E-state index >= 15 is 0 Å². The molecule has 1 aromatic rings. The molecular weight excluding hydrogens is 564 g/mol. The highest BCUT2D eigenvalue weighted by molar-refractivity contribution is 5.87. The highest BCUT2D eigenvalue weighted by Crippen LogP contribution is 2.75. The van der Waals surface area contributed by atoms with Crippen molar-refractivity contribution < 1.29 is 30.0 Å². The first-order valence-corrected chi connectivity index (χ1v) is 17.4. The number of phenols is 2. The molecule has 4 N–H and O–H groups in total. The van der Waals surface area contributed by atoms with E-state index in [1.807, 2.05) is 0 Å². The molecule has 0 radical (unpaired) electrons. The summed E-state index contributed by atoms with van der Waals surface area (Å²) in [7, 11) is 0. The minimum Gasteiger partial charge on any atom is -0.504 e. The molecule has 0 spiro atoms. The number of hydrogen-bond donors (Lipinski definition) is 4. The second kappa shape index (κ2) is 10.9. The van der Waals surface area contributed by atoms with Crippen LogP contribution in [0.15, 0.2) is 35.9 Å². The quantitative estimate of drug-likeness (QED) is 0.116. The summed E-state index contributed by atoms with van der Waals surface area (Å²) in [5, 5.41) is 41.2. The molecule has 45 heavy (non-hydrogen) atoms. The standard InChI is InChI=1S/C39H56O6/c1-34(2)17-19-39(24-41)20-18-37(5)26(27(39)22-34)9-11-31-35(3)15-14-32(36(4,23-40)30(35)13-16-38(31,37)6)45-33(44)12-8-25-7-10-28(42)29(43)21-25/h7-10,12,21,27,30-32,40-43H,11,13-20,22-24H2,1-6H3/t27-,30?,31-,32+,35+,36?,37-,38-,39-/m1/s1. The number of carbonyl (C=O) groups is 1. The third-order valence-electron chi connectivity index (χ3n) is 14.9. The van der Waals surface area contributed by atoms with E-state index in [9.17, 15) is 25.2 Å². The maximum Gasteiger partial charge on any atom is 0.331 e. The molecule has 5 aliphatic rings. The Morgan fingerprint density at radius 2 is 1.62 bits per heavy atom. The van der Waals surface area contributed by atoms with E-state index in [1.165, 1.54) is 24.6 Å². The number of phenolic OH excluding ortho intramolecular Hbond substituents is 2. The Balaban J connectivity index is 1.26. The van der Waals surface area contributed by atoms with Gasteiger partial charge in [0, 0.05) is 23.5 Å². The number of aromatic hydroxyl groups is 2. The number of hydrogen-bond acceptors (Lipinski definition) is 6. The highest BCUT2D eigenvalue weighted by atomic mass is 16.5. The number of allylic oxidation sites excluding steroid dienone is 2. The van der Waals surface area contributed by atoms with Crippen molar-refractivity contribution in [2.75, 3.05) is 13.2 Å². The van der Waals surface area contributed by atoms with E-state index in [-0.39, 0.29) is 51.8 Å². The molecule has 0 aromatic heterocycles. The van der Waals surface area contributed by atoms with Gasteiger partial charge in [-0.2, -0.15) is 0 Å². The van der Waals surface area contributed by atoms with Crippen molar-refractivity contribution in [3.63, 3.8) is 0 Å². The van der Waals surface area contributed by atoms with Crippen LogP contribution in [0, 0.1) is 50.2 Å². The fourth-order valence-corrected chi connectivity index (χ4v) is 11.8. The molecule has 6 nitrogen and oxygen atoms in total. The predicted octanol–water partition coefficient (Wildman–Crippen LogP) is 7.79. The van der Waals surface area contributed by atoms with Gasteiger partial charge in [-0.1, -0.05) is 59.3 Å². The Morgan fingerprint density at radius 3 is 2.31 bits per heavy atom. The number of carbonyl (C=O) groups excluding carboxylic acids is 1. The Bertz CT molecular complexity index is 1400.